The van der Waals surface area contributed by atoms with Crippen molar-refractivity contribution in [1.29, 1.82) is 0 Å². The minimum Gasteiger partial charge on any atom is -0.309 e. The van der Waals surface area contributed by atoms with Crippen molar-refractivity contribution in [2.75, 3.05) is 11.4 Å². The molecule has 2 aromatic carbocycles. The summed E-state index contributed by atoms with van der Waals surface area (Å²) in [6.07, 6.45) is 0.943. The van der Waals surface area contributed by atoms with Crippen molar-refractivity contribution in [1.82, 2.24) is 0 Å². The Morgan fingerprint density at radius 1 is 1.00 bits per heavy atom. The van der Waals surface area contributed by atoms with Gasteiger partial charge in [0.1, 0.15) is 0 Å². The molecule has 2 nitrogen and oxygen atoms in total. The number of hydrogen-bond donors (Lipinski definition) is 0. The average molecular weight is 253 g/mol. The van der Waals surface area contributed by atoms with Gasteiger partial charge in [0.2, 0.25) is 0 Å². The number of carbonyl (C=O) groups excluding carboxylic acids is 1. The lowest BCUT2D eigenvalue weighted by Crippen LogP contribution is -2.30. The van der Waals surface area contributed by atoms with Crippen molar-refractivity contribution in [3.8, 4) is 0 Å². The van der Waals surface area contributed by atoms with Crippen molar-refractivity contribution in [3.63, 3.8) is 0 Å². The topological polar surface area (TPSA) is 20.3 Å². The zero-order valence-electron chi connectivity index (χ0n) is 11.5. The molecular formula is C17H19NO. The van der Waals surface area contributed by atoms with Gasteiger partial charge in [-0.25, -0.2) is 0 Å². The van der Waals surface area contributed by atoms with E-state index in [2.05, 4.69) is 13.0 Å². The average Bonchev–Trinajstić information content (AvgIpc) is 2.49. The quantitative estimate of drug-likeness (QED) is 0.808. The van der Waals surface area contributed by atoms with Gasteiger partial charge in [-0.2, -0.15) is 0 Å². The smallest absolute Gasteiger partial charge is 0.258 e. The van der Waals surface area contributed by atoms with Crippen LogP contribution in [0.4, 0.5) is 5.69 Å². The number of benzene rings is 2. The lowest BCUT2D eigenvalue weighted by Gasteiger charge is -2.21. The van der Waals surface area contributed by atoms with Crippen molar-refractivity contribution >= 4 is 11.6 Å². The Morgan fingerprint density at radius 2 is 1.74 bits per heavy atom. The summed E-state index contributed by atoms with van der Waals surface area (Å²) in [4.78, 5) is 14.4. The van der Waals surface area contributed by atoms with E-state index in [1.165, 1.54) is 5.56 Å². The molecule has 98 valence electrons. The third-order valence-corrected chi connectivity index (χ3v) is 3.21. The summed E-state index contributed by atoms with van der Waals surface area (Å²) >= 11 is 0. The first-order valence-corrected chi connectivity index (χ1v) is 6.72. The molecule has 0 radical (unpaired) electrons. The van der Waals surface area contributed by atoms with Crippen molar-refractivity contribution in [3.05, 3.63) is 65.7 Å². The largest absolute Gasteiger partial charge is 0.309 e. The number of anilines is 1. The van der Waals surface area contributed by atoms with Gasteiger partial charge in [-0.1, -0.05) is 37.3 Å². The van der Waals surface area contributed by atoms with E-state index in [1.807, 2.05) is 55.5 Å². The third-order valence-electron chi connectivity index (χ3n) is 3.21. The maximum Gasteiger partial charge on any atom is 0.258 e. The van der Waals surface area contributed by atoms with Crippen molar-refractivity contribution < 1.29 is 4.79 Å². The summed E-state index contributed by atoms with van der Waals surface area (Å²) in [7, 11) is 0. The molecule has 0 bridgehead atoms. The molecule has 0 atom stereocenters. The molecule has 0 fully saturated rings. The maximum absolute atomic E-state index is 12.6. The van der Waals surface area contributed by atoms with E-state index >= 15 is 0 Å². The summed E-state index contributed by atoms with van der Waals surface area (Å²) in [5, 5.41) is 0. The normalized spacial score (nSPS) is 10.2. The molecule has 0 saturated heterocycles. The number of nitrogens with zero attached hydrogens (tertiary/aromatic N) is 1. The Labute approximate surface area is 114 Å². The highest BCUT2D eigenvalue weighted by atomic mass is 16.2. The van der Waals surface area contributed by atoms with Gasteiger partial charge in [0, 0.05) is 17.8 Å². The second kappa shape index (κ2) is 6.19. The predicted molar refractivity (Wildman–Crippen MR) is 79.6 cm³/mol. The van der Waals surface area contributed by atoms with Gasteiger partial charge in [0.05, 0.1) is 0 Å². The highest BCUT2D eigenvalue weighted by Gasteiger charge is 2.15. The van der Waals surface area contributed by atoms with Crippen LogP contribution in [0.15, 0.2) is 54.6 Å². The molecule has 2 aromatic rings. The van der Waals surface area contributed by atoms with Crippen LogP contribution in [0.3, 0.4) is 0 Å². The lowest BCUT2D eigenvalue weighted by atomic mass is 10.1. The monoisotopic (exact) mass is 253 g/mol. The summed E-state index contributed by atoms with van der Waals surface area (Å²) in [6, 6.07) is 17.7. The number of rotatable bonds is 4. The first kappa shape index (κ1) is 13.3. The second-order valence-corrected chi connectivity index (χ2v) is 4.44. The van der Waals surface area contributed by atoms with Crippen molar-refractivity contribution in [2.45, 2.75) is 20.3 Å². The van der Waals surface area contributed by atoms with E-state index in [1.54, 1.807) is 4.90 Å². The SMILES string of the molecule is CCc1cccc(C(=O)N(CC)c2ccccc2)c1. The minimum atomic E-state index is 0.0593. The van der Waals surface area contributed by atoms with E-state index < -0.39 is 0 Å². The van der Waals surface area contributed by atoms with Crippen LogP contribution in [0.25, 0.3) is 0 Å². The molecule has 0 aliphatic carbocycles. The molecule has 0 heterocycles. The van der Waals surface area contributed by atoms with Gasteiger partial charge in [0.15, 0.2) is 0 Å². The van der Waals surface area contributed by atoms with Crippen molar-refractivity contribution in [2.24, 2.45) is 0 Å². The van der Waals surface area contributed by atoms with Crippen LogP contribution in [0, 0.1) is 0 Å². The Bertz CT molecular complexity index is 548. The van der Waals surface area contributed by atoms with Gasteiger partial charge < -0.3 is 4.90 Å². The molecular weight excluding hydrogens is 234 g/mol. The highest BCUT2D eigenvalue weighted by molar-refractivity contribution is 6.06. The summed E-state index contributed by atoms with van der Waals surface area (Å²) in [6.45, 7) is 4.76. The molecule has 0 saturated carbocycles. The van der Waals surface area contributed by atoms with Crippen LogP contribution in [-0.2, 0) is 6.42 Å². The Morgan fingerprint density at radius 3 is 2.37 bits per heavy atom. The maximum atomic E-state index is 12.6. The van der Waals surface area contributed by atoms with Gasteiger partial charge in [-0.15, -0.1) is 0 Å². The van der Waals surface area contributed by atoms with E-state index in [0.717, 1.165) is 17.7 Å². The summed E-state index contributed by atoms with van der Waals surface area (Å²) in [5.41, 5.74) is 2.89. The molecule has 2 rings (SSSR count). The van der Waals surface area contributed by atoms with E-state index in [0.29, 0.717) is 6.54 Å². The molecule has 2 heteroatoms. The molecule has 0 N–H and O–H groups in total. The van der Waals surface area contributed by atoms with Gasteiger partial charge >= 0.3 is 0 Å². The van der Waals surface area contributed by atoms with Crippen LogP contribution >= 0.6 is 0 Å². The molecule has 1 amide bonds. The van der Waals surface area contributed by atoms with Crippen LogP contribution in [0.5, 0.6) is 0 Å². The standard InChI is InChI=1S/C17H19NO/c1-3-14-9-8-10-15(13-14)17(19)18(4-2)16-11-6-5-7-12-16/h5-13H,3-4H2,1-2H3. The Balaban J connectivity index is 2.30. The zero-order valence-corrected chi connectivity index (χ0v) is 11.5. The molecule has 0 aromatic heterocycles. The number of carbonyl (C=O) groups is 1. The van der Waals surface area contributed by atoms with Crippen LogP contribution in [0.2, 0.25) is 0 Å². The fraction of sp³-hybridized carbons (Fsp3) is 0.235. The predicted octanol–water partition coefficient (Wildman–Crippen LogP) is 3.92. The zero-order chi connectivity index (χ0) is 13.7. The van der Waals surface area contributed by atoms with E-state index in [4.69, 9.17) is 0 Å². The van der Waals surface area contributed by atoms with E-state index in [-0.39, 0.29) is 5.91 Å². The number of hydrogen-bond acceptors (Lipinski definition) is 1. The molecule has 0 spiro atoms. The highest BCUT2D eigenvalue weighted by Crippen LogP contribution is 2.17. The second-order valence-electron chi connectivity index (χ2n) is 4.44. The van der Waals surface area contributed by atoms with E-state index in [9.17, 15) is 4.79 Å². The summed E-state index contributed by atoms with van der Waals surface area (Å²) < 4.78 is 0. The molecule has 19 heavy (non-hydrogen) atoms. The number of amides is 1. The van der Waals surface area contributed by atoms with Gasteiger partial charge in [-0.3, -0.25) is 4.79 Å². The minimum absolute atomic E-state index is 0.0593. The fourth-order valence-electron chi connectivity index (χ4n) is 2.13. The molecule has 0 unspecified atom stereocenters. The number of para-hydroxylation sites is 1. The third kappa shape index (κ3) is 3.02. The van der Waals surface area contributed by atoms with Crippen LogP contribution in [0.1, 0.15) is 29.8 Å². The van der Waals surface area contributed by atoms with Crippen LogP contribution in [-0.4, -0.2) is 12.5 Å². The first-order chi connectivity index (χ1) is 9.26. The van der Waals surface area contributed by atoms with Gasteiger partial charge in [-0.05, 0) is 43.2 Å². The Hall–Kier alpha value is -2.09. The number of aryl methyl sites for hydroxylation is 1. The Kier molecular flexibility index (Phi) is 4.35. The van der Waals surface area contributed by atoms with Crippen LogP contribution < -0.4 is 4.90 Å². The van der Waals surface area contributed by atoms with Gasteiger partial charge in [0.25, 0.3) is 5.91 Å². The lowest BCUT2D eigenvalue weighted by molar-refractivity contribution is 0.0988. The summed E-state index contributed by atoms with van der Waals surface area (Å²) in [5.74, 6) is 0.0593. The fourth-order valence-corrected chi connectivity index (χ4v) is 2.13. The molecule has 0 aliphatic rings. The molecule has 0 aliphatic heterocycles. The first-order valence-electron chi connectivity index (χ1n) is 6.72.